The van der Waals surface area contributed by atoms with E-state index in [0.717, 1.165) is 27.9 Å². The van der Waals surface area contributed by atoms with Crippen molar-refractivity contribution in [3.63, 3.8) is 0 Å². The molecule has 0 radical (unpaired) electrons. The Kier molecular flexibility index (Phi) is 2.79. The Labute approximate surface area is 100 Å². The van der Waals surface area contributed by atoms with Gasteiger partial charge in [-0.25, -0.2) is 0 Å². The number of ether oxygens (including phenoxy) is 1. The summed E-state index contributed by atoms with van der Waals surface area (Å²) in [6.45, 7) is 1.94. The van der Waals surface area contributed by atoms with E-state index >= 15 is 0 Å². The molecule has 0 saturated heterocycles. The number of hydrogen-bond donors (Lipinski definition) is 1. The van der Waals surface area contributed by atoms with Gasteiger partial charge in [-0.1, -0.05) is 0 Å². The molecule has 1 N–H and O–H groups in total. The summed E-state index contributed by atoms with van der Waals surface area (Å²) in [5.74, 6) is 0.736. The number of aromatic nitrogens is 1. The molecule has 0 unspecified atom stereocenters. The first-order valence-corrected chi connectivity index (χ1v) is 5.45. The number of carbonyl (C=O) groups is 1. The molecule has 1 aromatic heterocycles. The largest absolute Gasteiger partial charge is 0.497 e. The highest BCUT2D eigenvalue weighted by Gasteiger charge is 2.17. The smallest absolute Gasteiger partial charge is 0.253 e. The zero-order chi connectivity index (χ0) is 12.6. The maximum atomic E-state index is 11.9. The molecule has 90 valence electrons. The zero-order valence-corrected chi connectivity index (χ0v) is 10.5. The molecule has 0 saturated carbocycles. The minimum absolute atomic E-state index is 0.0572. The van der Waals surface area contributed by atoms with E-state index in [4.69, 9.17) is 4.74 Å². The molecule has 4 nitrogen and oxygen atoms in total. The van der Waals surface area contributed by atoms with Crippen molar-refractivity contribution in [2.75, 3.05) is 14.2 Å². The van der Waals surface area contributed by atoms with E-state index in [1.54, 1.807) is 14.2 Å². The normalized spacial score (nSPS) is 10.6. The van der Waals surface area contributed by atoms with Crippen LogP contribution >= 0.6 is 0 Å². The summed E-state index contributed by atoms with van der Waals surface area (Å²) >= 11 is 0. The van der Waals surface area contributed by atoms with Crippen LogP contribution < -0.4 is 10.1 Å². The Morgan fingerprint density at radius 2 is 2.12 bits per heavy atom. The molecule has 0 fully saturated rings. The van der Waals surface area contributed by atoms with Crippen molar-refractivity contribution in [2.45, 2.75) is 6.92 Å². The van der Waals surface area contributed by atoms with Crippen LogP contribution in [-0.4, -0.2) is 24.6 Å². The van der Waals surface area contributed by atoms with Crippen LogP contribution in [0.15, 0.2) is 18.2 Å². The highest BCUT2D eigenvalue weighted by molar-refractivity contribution is 6.08. The molecule has 2 rings (SSSR count). The molecule has 0 aliphatic rings. The number of hydrogen-bond acceptors (Lipinski definition) is 2. The van der Waals surface area contributed by atoms with Gasteiger partial charge in [-0.2, -0.15) is 0 Å². The maximum absolute atomic E-state index is 11.9. The average molecular weight is 232 g/mol. The van der Waals surface area contributed by atoms with Crippen LogP contribution in [0.5, 0.6) is 5.75 Å². The lowest BCUT2D eigenvalue weighted by molar-refractivity contribution is 0.0964. The quantitative estimate of drug-likeness (QED) is 0.858. The minimum Gasteiger partial charge on any atom is -0.497 e. The number of nitrogens with one attached hydrogen (secondary N) is 1. The van der Waals surface area contributed by atoms with Crippen LogP contribution in [0.2, 0.25) is 0 Å². The van der Waals surface area contributed by atoms with Gasteiger partial charge in [-0.3, -0.25) is 4.79 Å². The molecule has 1 heterocycles. The van der Waals surface area contributed by atoms with Gasteiger partial charge < -0.3 is 14.6 Å². The van der Waals surface area contributed by atoms with Crippen LogP contribution in [-0.2, 0) is 7.05 Å². The van der Waals surface area contributed by atoms with Gasteiger partial charge >= 0.3 is 0 Å². The van der Waals surface area contributed by atoms with Gasteiger partial charge in [0, 0.05) is 31.2 Å². The fourth-order valence-corrected chi connectivity index (χ4v) is 2.08. The Bertz CT molecular complexity index is 585. The van der Waals surface area contributed by atoms with Gasteiger partial charge in [0.1, 0.15) is 5.75 Å². The van der Waals surface area contributed by atoms with Crippen molar-refractivity contribution in [3.05, 3.63) is 29.5 Å². The SMILES string of the molecule is CNC(=O)c1c(C)n(C)c2cc(OC)ccc12. The topological polar surface area (TPSA) is 43.3 Å². The number of aryl methyl sites for hydroxylation is 1. The van der Waals surface area contributed by atoms with Crippen LogP contribution in [0.3, 0.4) is 0 Å². The number of nitrogens with zero attached hydrogens (tertiary/aromatic N) is 1. The second-order valence-electron chi connectivity index (χ2n) is 3.98. The molecule has 0 spiro atoms. The van der Waals surface area contributed by atoms with Crippen LogP contribution in [0.4, 0.5) is 0 Å². The first-order valence-electron chi connectivity index (χ1n) is 5.45. The molecular formula is C13H16N2O2. The van der Waals surface area contributed by atoms with E-state index in [1.165, 1.54) is 0 Å². The van der Waals surface area contributed by atoms with Gasteiger partial charge in [0.15, 0.2) is 0 Å². The van der Waals surface area contributed by atoms with Gasteiger partial charge in [0.05, 0.1) is 18.2 Å². The Morgan fingerprint density at radius 1 is 1.41 bits per heavy atom. The second kappa shape index (κ2) is 4.13. The van der Waals surface area contributed by atoms with E-state index in [9.17, 15) is 4.79 Å². The van der Waals surface area contributed by atoms with Crippen molar-refractivity contribution in [2.24, 2.45) is 7.05 Å². The van der Waals surface area contributed by atoms with Gasteiger partial charge in [-0.15, -0.1) is 0 Å². The highest BCUT2D eigenvalue weighted by atomic mass is 16.5. The van der Waals surface area contributed by atoms with Crippen molar-refractivity contribution in [1.29, 1.82) is 0 Å². The number of amides is 1. The maximum Gasteiger partial charge on any atom is 0.253 e. The monoisotopic (exact) mass is 232 g/mol. The van der Waals surface area contributed by atoms with Crippen molar-refractivity contribution >= 4 is 16.8 Å². The number of rotatable bonds is 2. The first-order chi connectivity index (χ1) is 8.10. The molecule has 1 amide bonds. The number of methoxy groups -OCH3 is 1. The third-order valence-corrected chi connectivity index (χ3v) is 3.15. The lowest BCUT2D eigenvalue weighted by Gasteiger charge is -2.01. The molecular weight excluding hydrogens is 216 g/mol. The van der Waals surface area contributed by atoms with Crippen LogP contribution in [0.25, 0.3) is 10.9 Å². The lowest BCUT2D eigenvalue weighted by Crippen LogP contribution is -2.18. The van der Waals surface area contributed by atoms with E-state index in [2.05, 4.69) is 5.32 Å². The molecule has 17 heavy (non-hydrogen) atoms. The first kappa shape index (κ1) is 11.5. The molecule has 0 atom stereocenters. The molecule has 0 aliphatic carbocycles. The second-order valence-corrected chi connectivity index (χ2v) is 3.98. The van der Waals surface area contributed by atoms with Crippen molar-refractivity contribution < 1.29 is 9.53 Å². The summed E-state index contributed by atoms with van der Waals surface area (Å²) in [6, 6.07) is 5.73. The summed E-state index contributed by atoms with van der Waals surface area (Å²) in [5.41, 5.74) is 2.68. The summed E-state index contributed by atoms with van der Waals surface area (Å²) < 4.78 is 7.20. The molecule has 0 aliphatic heterocycles. The van der Waals surface area contributed by atoms with Crippen LogP contribution in [0, 0.1) is 6.92 Å². The Hall–Kier alpha value is -1.97. The number of benzene rings is 1. The molecule has 4 heteroatoms. The van der Waals surface area contributed by atoms with E-state index in [1.807, 2.05) is 36.7 Å². The predicted octanol–water partition coefficient (Wildman–Crippen LogP) is 1.85. The summed E-state index contributed by atoms with van der Waals surface area (Å²) in [5, 5.41) is 3.62. The summed E-state index contributed by atoms with van der Waals surface area (Å²) in [4.78, 5) is 11.9. The van der Waals surface area contributed by atoms with Crippen molar-refractivity contribution in [1.82, 2.24) is 9.88 Å². The number of carbonyl (C=O) groups excluding carboxylic acids is 1. The average Bonchev–Trinajstić information content (AvgIpc) is 2.61. The molecule has 1 aromatic carbocycles. The fourth-order valence-electron chi connectivity index (χ4n) is 2.08. The minimum atomic E-state index is -0.0572. The van der Waals surface area contributed by atoms with Gasteiger partial charge in [0.2, 0.25) is 0 Å². The van der Waals surface area contributed by atoms with Crippen molar-refractivity contribution in [3.8, 4) is 5.75 Å². The Balaban J connectivity index is 2.78. The summed E-state index contributed by atoms with van der Waals surface area (Å²) in [6.07, 6.45) is 0. The standard InChI is InChI=1S/C13H16N2O2/c1-8-12(13(16)14-2)10-6-5-9(17-4)7-11(10)15(8)3/h5-7H,1-4H3,(H,14,16). The van der Waals surface area contributed by atoms with E-state index in [0.29, 0.717) is 0 Å². The molecule has 2 aromatic rings. The fraction of sp³-hybridized carbons (Fsp3) is 0.308. The highest BCUT2D eigenvalue weighted by Crippen LogP contribution is 2.28. The van der Waals surface area contributed by atoms with Crippen LogP contribution in [0.1, 0.15) is 16.1 Å². The molecule has 0 bridgehead atoms. The van der Waals surface area contributed by atoms with E-state index in [-0.39, 0.29) is 5.91 Å². The Morgan fingerprint density at radius 3 is 2.71 bits per heavy atom. The third kappa shape index (κ3) is 1.65. The zero-order valence-electron chi connectivity index (χ0n) is 10.5. The van der Waals surface area contributed by atoms with Gasteiger partial charge in [0.25, 0.3) is 5.91 Å². The summed E-state index contributed by atoms with van der Waals surface area (Å²) in [7, 11) is 5.23. The number of fused-ring (bicyclic) bond motifs is 1. The lowest BCUT2D eigenvalue weighted by atomic mass is 10.1. The van der Waals surface area contributed by atoms with E-state index < -0.39 is 0 Å². The predicted molar refractivity (Wildman–Crippen MR) is 67.6 cm³/mol. The third-order valence-electron chi connectivity index (χ3n) is 3.15. The van der Waals surface area contributed by atoms with Gasteiger partial charge in [-0.05, 0) is 19.1 Å².